The van der Waals surface area contributed by atoms with Crippen LogP contribution in [-0.4, -0.2) is 59.9 Å². The SMILES string of the molecule is CN(C(=O)C[C@]1(c2ccc(-c3ccccc3)cc2)CC(=O)N(C2CC2)C1=O)C1CCOCC1. The molecule has 6 nitrogen and oxygen atoms in total. The Morgan fingerprint density at radius 3 is 2.24 bits per heavy atom. The smallest absolute Gasteiger partial charge is 0.241 e. The molecule has 1 aliphatic carbocycles. The van der Waals surface area contributed by atoms with Crippen molar-refractivity contribution in [1.82, 2.24) is 9.80 Å². The summed E-state index contributed by atoms with van der Waals surface area (Å²) in [6.07, 6.45) is 3.37. The molecule has 1 atom stereocenters. The number of imide groups is 1. The molecule has 2 aliphatic heterocycles. The highest BCUT2D eigenvalue weighted by molar-refractivity contribution is 6.11. The first-order chi connectivity index (χ1) is 16.0. The number of ether oxygens (including phenoxy) is 1. The maximum absolute atomic E-state index is 13.7. The average Bonchev–Trinajstić information content (AvgIpc) is 3.65. The summed E-state index contributed by atoms with van der Waals surface area (Å²) in [5, 5.41) is 0. The van der Waals surface area contributed by atoms with Crippen LogP contribution in [0, 0.1) is 0 Å². The molecule has 0 bridgehead atoms. The Labute approximate surface area is 194 Å². The van der Waals surface area contributed by atoms with Crippen molar-refractivity contribution in [3.05, 3.63) is 60.2 Å². The van der Waals surface area contributed by atoms with E-state index in [1.807, 2.05) is 61.6 Å². The summed E-state index contributed by atoms with van der Waals surface area (Å²) in [6, 6.07) is 17.9. The number of hydrogen-bond acceptors (Lipinski definition) is 4. The molecule has 0 aromatic heterocycles. The number of amides is 3. The topological polar surface area (TPSA) is 66.9 Å². The molecule has 1 saturated carbocycles. The number of likely N-dealkylation sites (tertiary alicyclic amines) is 1. The quantitative estimate of drug-likeness (QED) is 0.637. The van der Waals surface area contributed by atoms with Gasteiger partial charge in [-0.05, 0) is 42.4 Å². The summed E-state index contributed by atoms with van der Waals surface area (Å²) in [6.45, 7) is 1.28. The van der Waals surface area contributed by atoms with Gasteiger partial charge in [0.2, 0.25) is 17.7 Å². The van der Waals surface area contributed by atoms with Crippen molar-refractivity contribution in [1.29, 1.82) is 0 Å². The second-order valence-corrected chi connectivity index (χ2v) is 9.53. The minimum Gasteiger partial charge on any atom is -0.381 e. The van der Waals surface area contributed by atoms with Gasteiger partial charge in [0.15, 0.2) is 0 Å². The van der Waals surface area contributed by atoms with E-state index in [9.17, 15) is 14.4 Å². The van der Waals surface area contributed by atoms with E-state index in [0.717, 1.165) is 42.4 Å². The zero-order valence-electron chi connectivity index (χ0n) is 19.0. The molecule has 2 saturated heterocycles. The van der Waals surface area contributed by atoms with Gasteiger partial charge in [0.05, 0.1) is 5.41 Å². The van der Waals surface area contributed by atoms with Crippen LogP contribution in [0.3, 0.4) is 0 Å². The predicted molar refractivity (Wildman–Crippen MR) is 124 cm³/mol. The van der Waals surface area contributed by atoms with Gasteiger partial charge in [-0.2, -0.15) is 0 Å². The minimum absolute atomic E-state index is 0.00112. The Kier molecular flexibility index (Phi) is 5.79. The van der Waals surface area contributed by atoms with Crippen LogP contribution in [0.1, 0.15) is 44.1 Å². The molecule has 3 aliphatic rings. The number of rotatable bonds is 6. The standard InChI is InChI=1S/C27H30N2O4/c1-28(22-13-15-33-16-14-22)24(30)17-27(18-25(31)29(26(27)32)23-11-12-23)21-9-7-20(8-10-21)19-5-3-2-4-6-19/h2-10,22-23H,11-18H2,1H3/t27-/m1/s1. The van der Waals surface area contributed by atoms with E-state index in [1.165, 1.54) is 4.90 Å². The molecule has 0 spiro atoms. The van der Waals surface area contributed by atoms with Crippen LogP contribution >= 0.6 is 0 Å². The van der Waals surface area contributed by atoms with Crippen LogP contribution in [0.25, 0.3) is 11.1 Å². The average molecular weight is 447 g/mol. The van der Waals surface area contributed by atoms with Crippen LogP contribution in [0.2, 0.25) is 0 Å². The lowest BCUT2D eigenvalue weighted by Crippen LogP contribution is -2.46. The van der Waals surface area contributed by atoms with Gasteiger partial charge in [-0.15, -0.1) is 0 Å². The fourth-order valence-corrected chi connectivity index (χ4v) is 5.20. The van der Waals surface area contributed by atoms with Gasteiger partial charge < -0.3 is 9.64 Å². The van der Waals surface area contributed by atoms with Gasteiger partial charge in [0.25, 0.3) is 0 Å². The summed E-state index contributed by atoms with van der Waals surface area (Å²) >= 11 is 0. The Morgan fingerprint density at radius 1 is 0.970 bits per heavy atom. The zero-order chi connectivity index (χ0) is 23.0. The molecule has 2 aromatic carbocycles. The third-order valence-corrected chi connectivity index (χ3v) is 7.39. The summed E-state index contributed by atoms with van der Waals surface area (Å²) in [7, 11) is 1.81. The predicted octanol–water partition coefficient (Wildman–Crippen LogP) is 3.54. The van der Waals surface area contributed by atoms with Crippen LogP contribution in [0.4, 0.5) is 0 Å². The largest absolute Gasteiger partial charge is 0.381 e. The molecular formula is C27H30N2O4. The van der Waals surface area contributed by atoms with Gasteiger partial charge in [-0.1, -0.05) is 54.6 Å². The van der Waals surface area contributed by atoms with Crippen LogP contribution in [0.15, 0.2) is 54.6 Å². The van der Waals surface area contributed by atoms with Crippen LogP contribution < -0.4 is 0 Å². The van der Waals surface area contributed by atoms with E-state index in [-0.39, 0.29) is 42.6 Å². The molecule has 3 fully saturated rings. The first kappa shape index (κ1) is 21.8. The Morgan fingerprint density at radius 2 is 1.61 bits per heavy atom. The lowest BCUT2D eigenvalue weighted by molar-refractivity contribution is -0.143. The fraction of sp³-hybridized carbons (Fsp3) is 0.444. The molecule has 0 radical (unpaired) electrons. The monoisotopic (exact) mass is 446 g/mol. The summed E-state index contributed by atoms with van der Waals surface area (Å²) in [4.78, 5) is 43.3. The lowest BCUT2D eigenvalue weighted by Gasteiger charge is -2.34. The number of carbonyl (C=O) groups is 3. The summed E-state index contributed by atoms with van der Waals surface area (Å²) in [5.74, 6) is -0.458. The first-order valence-corrected chi connectivity index (χ1v) is 11.9. The number of carbonyl (C=O) groups excluding carboxylic acids is 3. The Hall–Kier alpha value is -2.99. The number of hydrogen-bond donors (Lipinski definition) is 0. The van der Waals surface area contributed by atoms with Crippen molar-refractivity contribution >= 4 is 17.7 Å². The molecule has 172 valence electrons. The van der Waals surface area contributed by atoms with E-state index in [4.69, 9.17) is 4.74 Å². The van der Waals surface area contributed by atoms with Crippen molar-refractivity contribution < 1.29 is 19.1 Å². The molecule has 2 aromatic rings. The van der Waals surface area contributed by atoms with Gasteiger partial charge in [-0.25, -0.2) is 0 Å². The van der Waals surface area contributed by atoms with E-state index in [2.05, 4.69) is 0 Å². The van der Waals surface area contributed by atoms with Crippen molar-refractivity contribution in [3.63, 3.8) is 0 Å². The third-order valence-electron chi connectivity index (χ3n) is 7.39. The molecule has 33 heavy (non-hydrogen) atoms. The van der Waals surface area contributed by atoms with Crippen molar-refractivity contribution in [2.45, 2.75) is 56.0 Å². The van der Waals surface area contributed by atoms with Crippen molar-refractivity contribution in [2.75, 3.05) is 20.3 Å². The maximum atomic E-state index is 13.7. The first-order valence-electron chi connectivity index (χ1n) is 11.9. The number of nitrogens with zero attached hydrogens (tertiary/aromatic N) is 2. The van der Waals surface area contributed by atoms with Crippen molar-refractivity contribution in [2.24, 2.45) is 0 Å². The van der Waals surface area contributed by atoms with E-state index >= 15 is 0 Å². The second-order valence-electron chi connectivity index (χ2n) is 9.53. The highest BCUT2D eigenvalue weighted by atomic mass is 16.5. The molecular weight excluding hydrogens is 416 g/mol. The van der Waals surface area contributed by atoms with Gasteiger partial charge in [0.1, 0.15) is 0 Å². The third kappa shape index (κ3) is 4.08. The molecule has 0 N–H and O–H groups in total. The highest BCUT2D eigenvalue weighted by Crippen LogP contribution is 2.45. The van der Waals surface area contributed by atoms with E-state index < -0.39 is 5.41 Å². The van der Waals surface area contributed by atoms with Crippen LogP contribution in [-0.2, 0) is 24.5 Å². The second kappa shape index (κ2) is 8.75. The summed E-state index contributed by atoms with van der Waals surface area (Å²) in [5.41, 5.74) is 1.74. The summed E-state index contributed by atoms with van der Waals surface area (Å²) < 4.78 is 5.43. The zero-order valence-corrected chi connectivity index (χ0v) is 19.0. The molecule has 3 amide bonds. The Balaban J connectivity index is 1.46. The van der Waals surface area contributed by atoms with Crippen LogP contribution in [0.5, 0.6) is 0 Å². The molecule has 0 unspecified atom stereocenters. The lowest BCUT2D eigenvalue weighted by atomic mass is 9.75. The normalized spacial score (nSPS) is 23.7. The molecule has 6 heteroatoms. The Bertz CT molecular complexity index is 1040. The molecule has 2 heterocycles. The van der Waals surface area contributed by atoms with Gasteiger partial charge >= 0.3 is 0 Å². The van der Waals surface area contributed by atoms with Crippen molar-refractivity contribution in [3.8, 4) is 11.1 Å². The molecule has 5 rings (SSSR count). The van der Waals surface area contributed by atoms with Gasteiger partial charge in [-0.3, -0.25) is 19.3 Å². The van der Waals surface area contributed by atoms with Gasteiger partial charge in [0, 0.05) is 45.2 Å². The maximum Gasteiger partial charge on any atom is 0.241 e. The van der Waals surface area contributed by atoms with E-state index in [1.54, 1.807) is 4.90 Å². The number of benzene rings is 2. The van der Waals surface area contributed by atoms with E-state index in [0.29, 0.717) is 13.2 Å². The minimum atomic E-state index is -1.13. The highest BCUT2D eigenvalue weighted by Gasteiger charge is 2.57. The fourth-order valence-electron chi connectivity index (χ4n) is 5.20.